The maximum Gasteiger partial charge on any atom is 0.227 e. The third-order valence-corrected chi connectivity index (χ3v) is 7.19. The number of hydrogen-bond donors (Lipinski definition) is 0. The van der Waals surface area contributed by atoms with Gasteiger partial charge in [0.15, 0.2) is 5.13 Å². The molecule has 0 unspecified atom stereocenters. The SMILES string of the molecule is CSc1cccc2sc(N3CCN(C(=O)Cc4cc(C)ccc4C)CC3)nc12. The zero-order valence-electron chi connectivity index (χ0n) is 16.6. The van der Waals surface area contributed by atoms with E-state index in [4.69, 9.17) is 4.98 Å². The van der Waals surface area contributed by atoms with Gasteiger partial charge in [0.1, 0.15) is 0 Å². The Morgan fingerprint density at radius 2 is 1.93 bits per heavy atom. The molecule has 28 heavy (non-hydrogen) atoms. The minimum absolute atomic E-state index is 0.224. The van der Waals surface area contributed by atoms with Crippen LogP contribution in [0.3, 0.4) is 0 Å². The highest BCUT2D eigenvalue weighted by Gasteiger charge is 2.23. The first-order chi connectivity index (χ1) is 13.5. The Morgan fingerprint density at radius 1 is 1.14 bits per heavy atom. The highest BCUT2D eigenvalue weighted by Crippen LogP contribution is 2.34. The smallest absolute Gasteiger partial charge is 0.227 e. The second-order valence-corrected chi connectivity index (χ2v) is 9.14. The van der Waals surface area contributed by atoms with E-state index < -0.39 is 0 Å². The van der Waals surface area contributed by atoms with Gasteiger partial charge in [0.2, 0.25) is 5.91 Å². The lowest BCUT2D eigenvalue weighted by molar-refractivity contribution is -0.130. The van der Waals surface area contributed by atoms with E-state index in [9.17, 15) is 4.79 Å². The van der Waals surface area contributed by atoms with Crippen molar-refractivity contribution < 1.29 is 4.79 Å². The van der Waals surface area contributed by atoms with Gasteiger partial charge in [0.05, 0.1) is 16.6 Å². The number of carbonyl (C=O) groups is 1. The average molecular weight is 412 g/mol. The lowest BCUT2D eigenvalue weighted by atomic mass is 10.0. The van der Waals surface area contributed by atoms with E-state index in [-0.39, 0.29) is 5.91 Å². The topological polar surface area (TPSA) is 36.4 Å². The Bertz CT molecular complexity index is 1010. The van der Waals surface area contributed by atoms with E-state index >= 15 is 0 Å². The predicted octanol–water partition coefficient (Wildman–Crippen LogP) is 4.53. The lowest BCUT2D eigenvalue weighted by Crippen LogP contribution is -2.49. The van der Waals surface area contributed by atoms with Crippen LogP contribution in [-0.4, -0.2) is 48.2 Å². The van der Waals surface area contributed by atoms with Crippen molar-refractivity contribution in [3.63, 3.8) is 0 Å². The number of para-hydroxylation sites is 1. The Kier molecular flexibility index (Phi) is 5.60. The maximum atomic E-state index is 12.8. The van der Waals surface area contributed by atoms with Crippen LogP contribution in [0.1, 0.15) is 16.7 Å². The molecule has 1 aliphatic rings. The van der Waals surface area contributed by atoms with Crippen LogP contribution in [-0.2, 0) is 11.2 Å². The summed E-state index contributed by atoms with van der Waals surface area (Å²) in [6.07, 6.45) is 2.58. The molecule has 1 saturated heterocycles. The Morgan fingerprint density at radius 3 is 2.68 bits per heavy atom. The van der Waals surface area contributed by atoms with Gasteiger partial charge in [0, 0.05) is 31.1 Å². The van der Waals surface area contributed by atoms with Crippen LogP contribution in [0.4, 0.5) is 5.13 Å². The molecule has 1 aromatic heterocycles. The summed E-state index contributed by atoms with van der Waals surface area (Å²) in [6, 6.07) is 12.7. The second kappa shape index (κ2) is 8.13. The van der Waals surface area contributed by atoms with Crippen molar-refractivity contribution in [2.45, 2.75) is 25.2 Å². The van der Waals surface area contributed by atoms with Crippen LogP contribution in [0.5, 0.6) is 0 Å². The number of amides is 1. The van der Waals surface area contributed by atoms with Gasteiger partial charge in [-0.3, -0.25) is 4.79 Å². The molecule has 0 spiro atoms. The largest absolute Gasteiger partial charge is 0.345 e. The Balaban J connectivity index is 1.42. The standard InChI is InChI=1S/C22H25N3OS2/c1-15-7-8-16(2)17(13-15)14-20(26)24-9-11-25(12-10-24)22-23-21-18(27-3)5-4-6-19(21)28-22/h4-8,13H,9-12,14H2,1-3H3. The van der Waals surface area contributed by atoms with Crippen molar-refractivity contribution in [2.24, 2.45) is 0 Å². The first-order valence-corrected chi connectivity index (χ1v) is 11.6. The zero-order chi connectivity index (χ0) is 19.7. The number of thioether (sulfide) groups is 1. The number of carbonyl (C=O) groups excluding carboxylic acids is 1. The lowest BCUT2D eigenvalue weighted by Gasteiger charge is -2.34. The molecule has 0 saturated carbocycles. The fraction of sp³-hybridized carbons (Fsp3) is 0.364. The van der Waals surface area contributed by atoms with Crippen molar-refractivity contribution in [1.29, 1.82) is 0 Å². The molecule has 0 atom stereocenters. The van der Waals surface area contributed by atoms with E-state index in [1.807, 2.05) is 4.90 Å². The van der Waals surface area contributed by atoms with Crippen molar-refractivity contribution in [1.82, 2.24) is 9.88 Å². The average Bonchev–Trinajstić information content (AvgIpc) is 3.15. The van der Waals surface area contributed by atoms with Gasteiger partial charge in [-0.1, -0.05) is 41.2 Å². The minimum atomic E-state index is 0.224. The number of hydrogen-bond acceptors (Lipinski definition) is 5. The summed E-state index contributed by atoms with van der Waals surface area (Å²) in [5, 5.41) is 1.07. The molecule has 1 amide bonds. The highest BCUT2D eigenvalue weighted by atomic mass is 32.2. The van der Waals surface area contributed by atoms with Crippen LogP contribution >= 0.6 is 23.1 Å². The molecular weight excluding hydrogens is 386 g/mol. The molecule has 6 heteroatoms. The van der Waals surface area contributed by atoms with Gasteiger partial charge in [-0.05, 0) is 43.4 Å². The van der Waals surface area contributed by atoms with Crippen LogP contribution in [0.15, 0.2) is 41.3 Å². The molecule has 0 aliphatic carbocycles. The molecule has 0 radical (unpaired) electrons. The number of benzene rings is 2. The van der Waals surface area contributed by atoms with E-state index in [0.29, 0.717) is 6.42 Å². The van der Waals surface area contributed by atoms with Gasteiger partial charge in [0.25, 0.3) is 0 Å². The number of anilines is 1. The summed E-state index contributed by atoms with van der Waals surface area (Å²) in [6.45, 7) is 7.35. The first-order valence-electron chi connectivity index (χ1n) is 9.57. The predicted molar refractivity (Wildman–Crippen MR) is 120 cm³/mol. The number of aromatic nitrogens is 1. The molecule has 146 valence electrons. The monoisotopic (exact) mass is 411 g/mol. The number of fused-ring (bicyclic) bond motifs is 1. The first kappa shape index (κ1) is 19.3. The van der Waals surface area contributed by atoms with Gasteiger partial charge in [-0.2, -0.15) is 0 Å². The van der Waals surface area contributed by atoms with E-state index in [2.05, 4.69) is 61.4 Å². The number of rotatable bonds is 4. The minimum Gasteiger partial charge on any atom is -0.345 e. The fourth-order valence-corrected chi connectivity index (χ4v) is 5.30. The van der Waals surface area contributed by atoms with Crippen molar-refractivity contribution >= 4 is 44.4 Å². The van der Waals surface area contributed by atoms with Crippen molar-refractivity contribution in [3.05, 3.63) is 53.1 Å². The molecule has 2 aromatic carbocycles. The van der Waals surface area contributed by atoms with Crippen LogP contribution in [0.2, 0.25) is 0 Å². The molecule has 2 heterocycles. The summed E-state index contributed by atoms with van der Waals surface area (Å²) >= 11 is 3.49. The second-order valence-electron chi connectivity index (χ2n) is 7.28. The molecule has 1 fully saturated rings. The van der Waals surface area contributed by atoms with Crippen molar-refractivity contribution in [2.75, 3.05) is 37.3 Å². The van der Waals surface area contributed by atoms with Gasteiger partial charge in [-0.15, -0.1) is 11.8 Å². The molecule has 4 rings (SSSR count). The fourth-order valence-electron chi connectivity index (χ4n) is 3.62. The number of piperazine rings is 1. The van der Waals surface area contributed by atoms with Gasteiger partial charge < -0.3 is 9.80 Å². The Hall–Kier alpha value is -2.05. The Labute approximate surface area is 174 Å². The highest BCUT2D eigenvalue weighted by molar-refractivity contribution is 7.98. The summed E-state index contributed by atoms with van der Waals surface area (Å²) in [5.74, 6) is 0.224. The van der Waals surface area contributed by atoms with Crippen LogP contribution < -0.4 is 4.90 Å². The van der Waals surface area contributed by atoms with Crippen molar-refractivity contribution in [3.8, 4) is 0 Å². The summed E-state index contributed by atoms with van der Waals surface area (Å²) in [5.41, 5.74) is 4.64. The summed E-state index contributed by atoms with van der Waals surface area (Å²) in [4.78, 5) is 23.2. The molecular formula is C22H25N3OS2. The summed E-state index contributed by atoms with van der Waals surface area (Å²) in [7, 11) is 0. The number of nitrogens with zero attached hydrogens (tertiary/aromatic N) is 3. The summed E-state index contributed by atoms with van der Waals surface area (Å²) < 4.78 is 1.23. The van der Waals surface area contributed by atoms with Gasteiger partial charge >= 0.3 is 0 Å². The molecule has 0 bridgehead atoms. The van der Waals surface area contributed by atoms with Gasteiger partial charge in [-0.25, -0.2) is 4.98 Å². The zero-order valence-corrected chi connectivity index (χ0v) is 18.2. The molecule has 0 N–H and O–H groups in total. The molecule has 1 aliphatic heterocycles. The quantitative estimate of drug-likeness (QED) is 0.591. The van der Waals surface area contributed by atoms with Crippen LogP contribution in [0.25, 0.3) is 10.2 Å². The maximum absolute atomic E-state index is 12.8. The van der Waals surface area contributed by atoms with E-state index in [1.165, 1.54) is 20.7 Å². The normalized spacial score (nSPS) is 14.7. The van der Waals surface area contributed by atoms with Crippen LogP contribution in [0, 0.1) is 13.8 Å². The third-order valence-electron chi connectivity index (χ3n) is 5.34. The van der Waals surface area contributed by atoms with E-state index in [0.717, 1.165) is 42.4 Å². The van der Waals surface area contributed by atoms with E-state index in [1.54, 1.807) is 23.1 Å². The number of thiazole rings is 1. The number of aryl methyl sites for hydroxylation is 2. The molecule has 4 nitrogen and oxygen atoms in total. The third kappa shape index (κ3) is 3.89. The molecule has 3 aromatic rings.